The Kier molecular flexibility index (Phi) is 4.46. The Hall–Kier alpha value is -1.79. The van der Waals surface area contributed by atoms with Gasteiger partial charge in [-0.1, -0.05) is 11.3 Å². The summed E-state index contributed by atoms with van der Waals surface area (Å²) in [7, 11) is 3.71. The molecule has 0 aliphatic rings. The topological polar surface area (TPSA) is 45.2 Å². The van der Waals surface area contributed by atoms with Crippen LogP contribution in [0.25, 0.3) is 0 Å². The van der Waals surface area contributed by atoms with Crippen LogP contribution in [0.5, 0.6) is 0 Å². The van der Waals surface area contributed by atoms with Crippen molar-refractivity contribution in [1.82, 2.24) is 9.88 Å². The minimum Gasteiger partial charge on any atom is -0.332 e. The van der Waals surface area contributed by atoms with Crippen molar-refractivity contribution in [3.05, 3.63) is 40.7 Å². The molecule has 0 unspecified atom stereocenters. The number of hydrogen-bond donors (Lipinski definition) is 1. The first-order valence-electron chi connectivity index (χ1n) is 6.13. The molecule has 2 aromatic rings. The second-order valence-electron chi connectivity index (χ2n) is 4.73. The number of nitrogens with zero attached hydrogens (tertiary/aromatic N) is 2. The Morgan fingerprint density at radius 1 is 1.35 bits per heavy atom. The molecule has 1 aromatic heterocycles. The molecule has 1 N–H and O–H groups in total. The number of aromatic nitrogens is 1. The smallest absolute Gasteiger partial charge is 0.188 e. The van der Waals surface area contributed by atoms with Crippen LogP contribution in [0.1, 0.15) is 15.4 Å². The molecule has 6 heteroatoms. The van der Waals surface area contributed by atoms with E-state index in [4.69, 9.17) is 0 Å². The molecule has 1 aromatic carbocycles. The highest BCUT2D eigenvalue weighted by atomic mass is 32.1. The highest BCUT2D eigenvalue weighted by molar-refractivity contribution is 7.17. The average Bonchev–Trinajstić information content (AvgIpc) is 2.72. The molecule has 0 aliphatic carbocycles. The lowest BCUT2D eigenvalue weighted by Crippen LogP contribution is -2.21. The van der Waals surface area contributed by atoms with Gasteiger partial charge >= 0.3 is 0 Å². The molecule has 0 bridgehead atoms. The molecule has 0 aliphatic heterocycles. The summed E-state index contributed by atoms with van der Waals surface area (Å²) in [6.45, 7) is 2.17. The first-order chi connectivity index (χ1) is 9.45. The van der Waals surface area contributed by atoms with Gasteiger partial charge < -0.3 is 10.2 Å². The number of halogens is 1. The van der Waals surface area contributed by atoms with Crippen LogP contribution in [0.2, 0.25) is 0 Å². The Balaban J connectivity index is 2.14. The number of benzene rings is 1. The number of thiazole rings is 1. The molecule has 20 heavy (non-hydrogen) atoms. The summed E-state index contributed by atoms with van der Waals surface area (Å²) in [6, 6.07) is 6.02. The minimum absolute atomic E-state index is 0.0529. The SMILES string of the molecule is Cc1nc(Nc2ccc(F)cc2)sc1C(=O)CN(C)C. The fraction of sp³-hybridized carbons (Fsp3) is 0.286. The van der Waals surface area contributed by atoms with Gasteiger partial charge in [0.25, 0.3) is 0 Å². The second kappa shape index (κ2) is 6.11. The molecular formula is C14H16FN3OS. The number of likely N-dealkylation sites (N-methyl/N-ethyl adjacent to an activating group) is 1. The normalized spacial score (nSPS) is 10.8. The maximum Gasteiger partial charge on any atom is 0.188 e. The fourth-order valence-electron chi connectivity index (χ4n) is 1.72. The largest absolute Gasteiger partial charge is 0.332 e. The van der Waals surface area contributed by atoms with Crippen LogP contribution in [-0.2, 0) is 0 Å². The summed E-state index contributed by atoms with van der Waals surface area (Å²) in [5, 5.41) is 3.71. The van der Waals surface area contributed by atoms with Crippen molar-refractivity contribution in [3.63, 3.8) is 0 Å². The van der Waals surface area contributed by atoms with Crippen molar-refractivity contribution >= 4 is 27.9 Å². The molecule has 106 valence electrons. The zero-order chi connectivity index (χ0) is 14.7. The van der Waals surface area contributed by atoms with E-state index in [0.717, 1.165) is 5.69 Å². The number of carbonyl (C=O) groups is 1. The van der Waals surface area contributed by atoms with Gasteiger partial charge in [-0.05, 0) is 45.3 Å². The van der Waals surface area contributed by atoms with E-state index < -0.39 is 0 Å². The third kappa shape index (κ3) is 3.61. The molecule has 4 nitrogen and oxygen atoms in total. The lowest BCUT2D eigenvalue weighted by Gasteiger charge is -2.06. The standard InChI is InChI=1S/C14H16FN3OS/c1-9-13(12(19)8-18(2)3)20-14(16-9)17-11-6-4-10(15)5-7-11/h4-7H,8H2,1-3H3,(H,16,17). The monoisotopic (exact) mass is 293 g/mol. The number of hydrogen-bond acceptors (Lipinski definition) is 5. The molecule has 0 saturated carbocycles. The van der Waals surface area contributed by atoms with E-state index in [1.807, 2.05) is 25.9 Å². The summed E-state index contributed by atoms with van der Waals surface area (Å²) < 4.78 is 12.8. The van der Waals surface area contributed by atoms with Crippen molar-refractivity contribution in [2.24, 2.45) is 0 Å². The molecular weight excluding hydrogens is 277 g/mol. The first kappa shape index (κ1) is 14.6. The lowest BCUT2D eigenvalue weighted by atomic mass is 10.3. The maximum absolute atomic E-state index is 12.8. The second-order valence-corrected chi connectivity index (χ2v) is 5.73. The van der Waals surface area contributed by atoms with E-state index in [0.29, 0.717) is 22.2 Å². The van der Waals surface area contributed by atoms with Crippen LogP contribution >= 0.6 is 11.3 Å². The fourth-order valence-corrected chi connectivity index (χ4v) is 2.64. The van der Waals surface area contributed by atoms with Gasteiger partial charge in [-0.3, -0.25) is 4.79 Å². The van der Waals surface area contributed by atoms with Crippen LogP contribution in [0, 0.1) is 12.7 Å². The van der Waals surface area contributed by atoms with E-state index in [9.17, 15) is 9.18 Å². The van der Waals surface area contributed by atoms with Gasteiger partial charge in [0.05, 0.1) is 17.1 Å². The molecule has 0 radical (unpaired) electrons. The highest BCUT2D eigenvalue weighted by Crippen LogP contribution is 2.26. The Bertz CT molecular complexity index is 607. The van der Waals surface area contributed by atoms with Crippen molar-refractivity contribution < 1.29 is 9.18 Å². The maximum atomic E-state index is 12.8. The van der Waals surface area contributed by atoms with Gasteiger partial charge in [-0.15, -0.1) is 0 Å². The van der Waals surface area contributed by atoms with Crippen LogP contribution in [0.3, 0.4) is 0 Å². The van der Waals surface area contributed by atoms with E-state index in [1.165, 1.54) is 23.5 Å². The van der Waals surface area contributed by atoms with E-state index in [1.54, 1.807) is 12.1 Å². The summed E-state index contributed by atoms with van der Waals surface area (Å²) in [6.07, 6.45) is 0. The highest BCUT2D eigenvalue weighted by Gasteiger charge is 2.15. The van der Waals surface area contributed by atoms with Crippen molar-refractivity contribution in [1.29, 1.82) is 0 Å². The number of carbonyl (C=O) groups excluding carboxylic acids is 1. The molecule has 0 atom stereocenters. The number of anilines is 2. The van der Waals surface area contributed by atoms with Crippen LogP contribution in [-0.4, -0.2) is 36.3 Å². The number of ketones is 1. The van der Waals surface area contributed by atoms with Gasteiger partial charge in [-0.2, -0.15) is 0 Å². The third-order valence-corrected chi connectivity index (χ3v) is 3.72. The predicted molar refractivity (Wildman–Crippen MR) is 79.4 cm³/mol. The minimum atomic E-state index is -0.285. The van der Waals surface area contributed by atoms with Gasteiger partial charge in [-0.25, -0.2) is 9.37 Å². The molecule has 1 heterocycles. The number of aryl methyl sites for hydroxylation is 1. The van der Waals surface area contributed by atoms with Crippen molar-refractivity contribution in [2.45, 2.75) is 6.92 Å². The Morgan fingerprint density at radius 2 is 2.00 bits per heavy atom. The quantitative estimate of drug-likeness (QED) is 0.861. The summed E-state index contributed by atoms with van der Waals surface area (Å²) in [5.41, 5.74) is 1.46. The Labute approximate surface area is 121 Å². The lowest BCUT2D eigenvalue weighted by molar-refractivity contribution is 0.0961. The van der Waals surface area contributed by atoms with Crippen molar-refractivity contribution in [2.75, 3.05) is 26.0 Å². The molecule has 0 amide bonds. The predicted octanol–water partition coefficient (Wildman–Crippen LogP) is 3.08. The molecule has 0 saturated heterocycles. The van der Waals surface area contributed by atoms with Crippen molar-refractivity contribution in [3.8, 4) is 0 Å². The van der Waals surface area contributed by atoms with Gasteiger partial charge in [0.2, 0.25) is 0 Å². The summed E-state index contributed by atoms with van der Waals surface area (Å²) in [5.74, 6) is -0.232. The molecule has 0 fully saturated rings. The number of nitrogens with one attached hydrogen (secondary N) is 1. The zero-order valence-electron chi connectivity index (χ0n) is 11.6. The molecule has 0 spiro atoms. The van der Waals surface area contributed by atoms with Gasteiger partial charge in [0.1, 0.15) is 5.82 Å². The Morgan fingerprint density at radius 3 is 2.60 bits per heavy atom. The van der Waals surface area contributed by atoms with Crippen LogP contribution in [0.15, 0.2) is 24.3 Å². The van der Waals surface area contributed by atoms with Gasteiger partial charge in [0.15, 0.2) is 10.9 Å². The van der Waals surface area contributed by atoms with E-state index >= 15 is 0 Å². The number of rotatable bonds is 5. The zero-order valence-corrected chi connectivity index (χ0v) is 12.4. The molecule has 2 rings (SSSR count). The van der Waals surface area contributed by atoms with E-state index in [2.05, 4.69) is 10.3 Å². The number of Topliss-reactive ketones (excluding diaryl/α,β-unsaturated/α-hetero) is 1. The first-order valence-corrected chi connectivity index (χ1v) is 6.95. The summed E-state index contributed by atoms with van der Waals surface area (Å²) >= 11 is 1.32. The third-order valence-electron chi connectivity index (χ3n) is 2.61. The van der Waals surface area contributed by atoms with Gasteiger partial charge in [0, 0.05) is 5.69 Å². The average molecular weight is 293 g/mol. The van der Waals surface area contributed by atoms with E-state index in [-0.39, 0.29) is 11.6 Å². The van der Waals surface area contributed by atoms with Crippen LogP contribution < -0.4 is 5.32 Å². The van der Waals surface area contributed by atoms with Crippen LogP contribution in [0.4, 0.5) is 15.2 Å². The summed E-state index contributed by atoms with van der Waals surface area (Å²) in [4.78, 5) is 18.9.